The Bertz CT molecular complexity index is 503. The molecule has 1 heterocycles. The van der Waals surface area contributed by atoms with E-state index in [0.717, 1.165) is 6.04 Å². The van der Waals surface area contributed by atoms with Crippen LogP contribution in [-0.2, 0) is 9.53 Å². The second kappa shape index (κ2) is 8.40. The third kappa shape index (κ3) is 6.49. The Balaban J connectivity index is 2.56. The Labute approximate surface area is 135 Å². The summed E-state index contributed by atoms with van der Waals surface area (Å²) < 4.78 is 5.55. The molecule has 0 radical (unpaired) electrons. The maximum atomic E-state index is 11.6. The van der Waals surface area contributed by atoms with Gasteiger partial charge in [-0.1, -0.05) is 35.6 Å². The van der Waals surface area contributed by atoms with Crippen molar-refractivity contribution in [3.05, 3.63) is 23.9 Å². The second-order valence-corrected chi connectivity index (χ2v) is 12.1. The minimum absolute atomic E-state index is 0.0513. The van der Waals surface area contributed by atoms with Crippen molar-refractivity contribution in [3.63, 3.8) is 0 Å². The molecule has 0 atom stereocenters. The Morgan fingerprint density at radius 1 is 1.48 bits per heavy atom. The van der Waals surface area contributed by atoms with Gasteiger partial charge in [-0.2, -0.15) is 0 Å². The van der Waals surface area contributed by atoms with E-state index in [-0.39, 0.29) is 16.8 Å². The maximum absolute atomic E-state index is 11.6. The first-order valence-electron chi connectivity index (χ1n) is 6.80. The van der Waals surface area contributed by atoms with Gasteiger partial charge in [0.2, 0.25) is 0 Å². The van der Waals surface area contributed by atoms with Gasteiger partial charge in [0, 0.05) is 26.4 Å². The van der Waals surface area contributed by atoms with Crippen LogP contribution in [0.3, 0.4) is 0 Å². The Hall–Kier alpha value is -1.05. The Kier molecular flexibility index (Phi) is 7.20. The number of ketones is 1. The van der Waals surface area contributed by atoms with Gasteiger partial charge in [-0.3, -0.25) is 10.2 Å². The average Bonchev–Trinajstić information content (AvgIpc) is 2.44. The fourth-order valence-corrected chi connectivity index (χ4v) is 2.57. The number of nitrogens with one attached hydrogen (secondary N) is 2. The number of aromatic nitrogens is 1. The molecule has 0 amide bonds. The summed E-state index contributed by atoms with van der Waals surface area (Å²) in [6.07, 6.45) is 1.62. The number of alkyl halides is 1. The van der Waals surface area contributed by atoms with Crippen molar-refractivity contribution in [2.75, 3.05) is 24.0 Å². The molecule has 0 saturated heterocycles. The molecule has 0 aliphatic carbocycles. The Morgan fingerprint density at radius 3 is 2.81 bits per heavy atom. The molecule has 2 N–H and O–H groups in total. The Morgan fingerprint density at radius 2 is 2.19 bits per heavy atom. The molecular weight excluding hydrogens is 350 g/mol. The summed E-state index contributed by atoms with van der Waals surface area (Å²) in [5.74, 6) is 0.232. The van der Waals surface area contributed by atoms with E-state index >= 15 is 0 Å². The van der Waals surface area contributed by atoms with Crippen molar-refractivity contribution in [1.82, 2.24) is 4.98 Å². The lowest BCUT2D eigenvalue weighted by Crippen LogP contribution is -2.23. The van der Waals surface area contributed by atoms with Gasteiger partial charge in [-0.15, -0.1) is 0 Å². The minimum atomic E-state index is -1.09. The molecule has 0 spiro atoms. The highest BCUT2D eigenvalue weighted by Gasteiger charge is 2.15. The van der Waals surface area contributed by atoms with Crippen LogP contribution < -0.4 is 5.32 Å². The van der Waals surface area contributed by atoms with Crippen LogP contribution in [-0.4, -0.2) is 43.2 Å². The molecule has 7 heteroatoms. The topological polar surface area (TPSA) is 75.1 Å². The van der Waals surface area contributed by atoms with E-state index in [2.05, 4.69) is 45.9 Å². The summed E-state index contributed by atoms with van der Waals surface area (Å²) in [7, 11) is -1.09. The summed E-state index contributed by atoms with van der Waals surface area (Å²) in [6, 6.07) is 4.52. The van der Waals surface area contributed by atoms with E-state index in [1.54, 1.807) is 18.3 Å². The molecule has 5 nitrogen and oxygen atoms in total. The van der Waals surface area contributed by atoms with E-state index in [1.165, 1.54) is 0 Å². The van der Waals surface area contributed by atoms with Gasteiger partial charge in [0.15, 0.2) is 5.78 Å². The molecule has 0 aromatic carbocycles. The van der Waals surface area contributed by atoms with Crippen LogP contribution in [0.1, 0.15) is 5.56 Å². The predicted molar refractivity (Wildman–Crippen MR) is 92.5 cm³/mol. The maximum Gasteiger partial charge on any atom is 0.191 e. The lowest BCUT2D eigenvalue weighted by atomic mass is 10.1. The number of carbonyl (C=O) groups excluding carboxylic acids is 1. The summed E-state index contributed by atoms with van der Waals surface area (Å²) in [6.45, 7) is 7.93. The molecule has 21 heavy (non-hydrogen) atoms. The first-order valence-corrected chi connectivity index (χ1v) is 11.6. The van der Waals surface area contributed by atoms with Gasteiger partial charge in [0.25, 0.3) is 0 Å². The zero-order valence-corrected chi connectivity index (χ0v) is 15.3. The van der Waals surface area contributed by atoms with Crippen LogP contribution in [0.5, 0.6) is 0 Å². The summed E-state index contributed by atoms with van der Waals surface area (Å²) in [5.41, 5.74) is 0.445. The highest BCUT2D eigenvalue weighted by atomic mass is 79.9. The van der Waals surface area contributed by atoms with Crippen LogP contribution >= 0.6 is 15.9 Å². The molecule has 1 aromatic rings. The number of halogens is 1. The SMILES string of the molecule is C[Si](C)(C)CCOCNc1ncccc1C(=N)C(=O)CBr. The van der Waals surface area contributed by atoms with E-state index in [0.29, 0.717) is 24.7 Å². The largest absolute Gasteiger partial charge is 0.362 e. The molecule has 0 aliphatic rings. The summed E-state index contributed by atoms with van der Waals surface area (Å²) >= 11 is 3.08. The molecule has 0 fully saturated rings. The lowest BCUT2D eigenvalue weighted by molar-refractivity contribution is -0.110. The molecule has 0 saturated carbocycles. The standard InChI is InChI=1S/C14H22BrN3O2Si/c1-21(2,3)8-7-20-10-18-14-11(5-4-6-17-14)13(16)12(19)9-15/h4-6,16H,7-10H2,1-3H3,(H,17,18). The number of pyridine rings is 1. The van der Waals surface area contributed by atoms with Gasteiger partial charge in [0.1, 0.15) is 18.3 Å². The van der Waals surface area contributed by atoms with Crippen molar-refractivity contribution in [2.45, 2.75) is 25.7 Å². The van der Waals surface area contributed by atoms with Gasteiger partial charge >= 0.3 is 0 Å². The number of hydrogen-bond donors (Lipinski definition) is 2. The number of rotatable bonds is 9. The van der Waals surface area contributed by atoms with Crippen molar-refractivity contribution in [3.8, 4) is 0 Å². The van der Waals surface area contributed by atoms with Gasteiger partial charge in [-0.05, 0) is 18.2 Å². The van der Waals surface area contributed by atoms with Crippen molar-refractivity contribution < 1.29 is 9.53 Å². The summed E-state index contributed by atoms with van der Waals surface area (Å²) in [4.78, 5) is 15.8. The first kappa shape index (κ1) is 18.0. The second-order valence-electron chi connectivity index (χ2n) is 5.87. The van der Waals surface area contributed by atoms with Crippen LogP contribution in [0.15, 0.2) is 18.3 Å². The fourth-order valence-electron chi connectivity index (χ4n) is 1.53. The van der Waals surface area contributed by atoms with E-state index in [9.17, 15) is 4.79 Å². The van der Waals surface area contributed by atoms with Crippen LogP contribution in [0.25, 0.3) is 0 Å². The van der Waals surface area contributed by atoms with E-state index in [4.69, 9.17) is 10.1 Å². The molecule has 0 bridgehead atoms. The molecule has 116 valence electrons. The quantitative estimate of drug-likeness (QED) is 0.230. The number of Topliss-reactive ketones (excluding diaryl/α,β-unsaturated/α-hetero) is 1. The monoisotopic (exact) mass is 371 g/mol. The fraction of sp³-hybridized carbons (Fsp3) is 0.500. The van der Waals surface area contributed by atoms with E-state index in [1.807, 2.05) is 0 Å². The molecule has 1 aromatic heterocycles. The molecular formula is C14H22BrN3O2Si. The summed E-state index contributed by atoms with van der Waals surface area (Å²) in [5, 5.41) is 11.0. The average molecular weight is 372 g/mol. The van der Waals surface area contributed by atoms with Crippen LogP contribution in [0, 0.1) is 5.41 Å². The van der Waals surface area contributed by atoms with Crippen LogP contribution in [0.2, 0.25) is 25.7 Å². The van der Waals surface area contributed by atoms with E-state index < -0.39 is 8.07 Å². The molecule has 1 rings (SSSR count). The highest BCUT2D eigenvalue weighted by Crippen LogP contribution is 2.13. The van der Waals surface area contributed by atoms with Gasteiger partial charge in [0.05, 0.1) is 5.33 Å². The number of ether oxygens (including phenoxy) is 1. The number of anilines is 1. The van der Waals surface area contributed by atoms with Gasteiger partial charge in [-0.25, -0.2) is 4.98 Å². The van der Waals surface area contributed by atoms with Crippen LogP contribution in [0.4, 0.5) is 5.82 Å². The third-order valence-corrected chi connectivity index (χ3v) is 5.03. The smallest absolute Gasteiger partial charge is 0.191 e. The zero-order chi connectivity index (χ0) is 15.9. The zero-order valence-electron chi connectivity index (χ0n) is 12.7. The minimum Gasteiger partial charge on any atom is -0.362 e. The number of nitrogens with zero attached hydrogens (tertiary/aromatic N) is 1. The predicted octanol–water partition coefficient (Wildman–Crippen LogP) is 3.14. The first-order chi connectivity index (χ1) is 9.85. The molecule has 0 aliphatic heterocycles. The van der Waals surface area contributed by atoms with Crippen molar-refractivity contribution in [2.24, 2.45) is 0 Å². The van der Waals surface area contributed by atoms with Gasteiger partial charge < -0.3 is 10.1 Å². The number of carbonyl (C=O) groups is 1. The highest BCUT2D eigenvalue weighted by molar-refractivity contribution is 9.09. The normalized spacial score (nSPS) is 11.2. The number of hydrogen-bond acceptors (Lipinski definition) is 5. The lowest BCUT2D eigenvalue weighted by Gasteiger charge is -2.16. The van der Waals surface area contributed by atoms with Crippen molar-refractivity contribution in [1.29, 1.82) is 5.41 Å². The molecule has 0 unspecified atom stereocenters. The third-order valence-electron chi connectivity index (χ3n) is 2.82. The van der Waals surface area contributed by atoms with Crippen molar-refractivity contribution >= 4 is 41.3 Å².